The van der Waals surface area contributed by atoms with Crippen molar-refractivity contribution >= 4 is 35.7 Å². The van der Waals surface area contributed by atoms with Crippen LogP contribution in [-0.2, 0) is 15.6 Å². The Labute approximate surface area is 130 Å². The minimum Gasteiger partial charge on any atom is -0.490 e. The summed E-state index contributed by atoms with van der Waals surface area (Å²) in [5.41, 5.74) is 0.698. The van der Waals surface area contributed by atoms with E-state index in [2.05, 4.69) is 20.9 Å². The second-order valence-corrected chi connectivity index (χ2v) is 7.59. The molecule has 8 heteroatoms. The Morgan fingerprint density at radius 1 is 1.45 bits per heavy atom. The molecule has 0 saturated heterocycles. The first-order chi connectivity index (χ1) is 9.38. The largest absolute Gasteiger partial charge is 0.490 e. The van der Waals surface area contributed by atoms with Gasteiger partial charge < -0.3 is 9.30 Å². The van der Waals surface area contributed by atoms with Gasteiger partial charge in [0.2, 0.25) is 0 Å². The summed E-state index contributed by atoms with van der Waals surface area (Å²) >= 11 is 3.25. The van der Waals surface area contributed by atoms with Gasteiger partial charge in [-0.3, -0.25) is 0 Å². The van der Waals surface area contributed by atoms with Crippen LogP contribution >= 0.6 is 26.6 Å². The first kappa shape index (κ1) is 15.3. The van der Waals surface area contributed by atoms with Crippen molar-refractivity contribution in [1.29, 1.82) is 0 Å². The lowest BCUT2D eigenvalue weighted by atomic mass is 10.2. The van der Waals surface area contributed by atoms with Gasteiger partial charge in [-0.05, 0) is 24.6 Å². The highest BCUT2D eigenvalue weighted by Crippen LogP contribution is 2.33. The maximum atomic E-state index is 11.6. The molecule has 5 nitrogen and oxygen atoms in total. The third-order valence-corrected chi connectivity index (χ3v) is 4.41. The minimum absolute atomic E-state index is 0.0309. The van der Waals surface area contributed by atoms with Gasteiger partial charge in [-0.1, -0.05) is 15.9 Å². The van der Waals surface area contributed by atoms with Gasteiger partial charge in [0, 0.05) is 27.5 Å². The van der Waals surface area contributed by atoms with Crippen molar-refractivity contribution in [3.8, 4) is 5.75 Å². The van der Waals surface area contributed by atoms with E-state index in [1.807, 2.05) is 4.57 Å². The van der Waals surface area contributed by atoms with E-state index in [-0.39, 0.29) is 10.6 Å². The fourth-order valence-electron chi connectivity index (χ4n) is 1.74. The Morgan fingerprint density at radius 2 is 2.20 bits per heavy atom. The van der Waals surface area contributed by atoms with E-state index in [0.29, 0.717) is 23.2 Å². The molecule has 108 valence electrons. The van der Waals surface area contributed by atoms with Crippen molar-refractivity contribution in [2.75, 3.05) is 6.61 Å². The number of ether oxygens (including phenoxy) is 1. The average Bonchev–Trinajstić information content (AvgIpc) is 2.83. The number of nitrogens with zero attached hydrogens (tertiary/aromatic N) is 2. The van der Waals surface area contributed by atoms with E-state index < -0.39 is 9.05 Å². The fraction of sp³-hybridized carbons (Fsp3) is 0.250. The number of hydrogen-bond donors (Lipinski definition) is 0. The molecular formula is C12H12BrClN2O3S. The van der Waals surface area contributed by atoms with E-state index >= 15 is 0 Å². The molecule has 1 heterocycles. The average molecular weight is 380 g/mol. The number of aryl methyl sites for hydroxylation is 1. The lowest BCUT2D eigenvalue weighted by Gasteiger charge is -2.13. The zero-order valence-electron chi connectivity index (χ0n) is 10.6. The Kier molecular flexibility index (Phi) is 4.72. The highest BCUT2D eigenvalue weighted by atomic mass is 79.9. The number of benzene rings is 1. The van der Waals surface area contributed by atoms with Gasteiger partial charge in [-0.15, -0.1) is 0 Å². The van der Waals surface area contributed by atoms with Gasteiger partial charge in [0.1, 0.15) is 17.3 Å². The molecule has 0 amide bonds. The van der Waals surface area contributed by atoms with E-state index in [1.165, 1.54) is 6.07 Å². The maximum absolute atomic E-state index is 11.6. The smallest absolute Gasteiger partial charge is 0.265 e. The molecule has 1 aromatic heterocycles. The van der Waals surface area contributed by atoms with Crippen LogP contribution < -0.4 is 4.74 Å². The monoisotopic (exact) mass is 378 g/mol. The predicted molar refractivity (Wildman–Crippen MR) is 79.6 cm³/mol. The number of halogens is 2. The van der Waals surface area contributed by atoms with Crippen molar-refractivity contribution in [3.05, 3.63) is 40.9 Å². The fourth-order valence-corrected chi connectivity index (χ4v) is 3.51. The third-order valence-electron chi connectivity index (χ3n) is 2.62. The van der Waals surface area contributed by atoms with Crippen LogP contribution in [0.5, 0.6) is 5.75 Å². The van der Waals surface area contributed by atoms with Crippen LogP contribution in [0.3, 0.4) is 0 Å². The summed E-state index contributed by atoms with van der Waals surface area (Å²) in [4.78, 5) is 3.89. The van der Waals surface area contributed by atoms with E-state index in [0.717, 1.165) is 0 Å². The number of hydrogen-bond acceptors (Lipinski definition) is 4. The van der Waals surface area contributed by atoms with Crippen LogP contribution in [0.15, 0.2) is 40.2 Å². The molecule has 0 N–H and O–H groups in total. The molecule has 0 unspecified atom stereocenters. The zero-order valence-corrected chi connectivity index (χ0v) is 13.7. The van der Waals surface area contributed by atoms with Gasteiger partial charge in [0.05, 0.1) is 12.9 Å². The number of rotatable bonds is 5. The Balaban J connectivity index is 2.22. The summed E-state index contributed by atoms with van der Waals surface area (Å²) in [7, 11) is 1.58. The van der Waals surface area contributed by atoms with Gasteiger partial charge in [0.15, 0.2) is 0 Å². The molecule has 0 spiro atoms. The summed E-state index contributed by atoms with van der Waals surface area (Å²) in [5.74, 6) is 0.281. The van der Waals surface area contributed by atoms with Crippen molar-refractivity contribution in [2.45, 2.75) is 18.4 Å². The van der Waals surface area contributed by atoms with Crippen LogP contribution in [0, 0.1) is 6.92 Å². The molecule has 0 bridgehead atoms. The van der Waals surface area contributed by atoms with Crippen molar-refractivity contribution in [2.24, 2.45) is 0 Å². The SMILES string of the molecule is Cc1cc(Br)cc(S(=O)(=O)Cl)c1OCCn1ccnc1. The van der Waals surface area contributed by atoms with E-state index in [4.69, 9.17) is 15.4 Å². The molecule has 2 aromatic rings. The molecule has 0 atom stereocenters. The lowest BCUT2D eigenvalue weighted by molar-refractivity contribution is 0.289. The summed E-state index contributed by atoms with van der Waals surface area (Å²) in [6.45, 7) is 2.65. The van der Waals surface area contributed by atoms with Crippen molar-refractivity contribution < 1.29 is 13.2 Å². The third kappa shape index (κ3) is 3.74. The van der Waals surface area contributed by atoms with Gasteiger partial charge in [-0.25, -0.2) is 13.4 Å². The maximum Gasteiger partial charge on any atom is 0.265 e. The normalized spacial score (nSPS) is 11.6. The summed E-state index contributed by atoms with van der Waals surface area (Å²) in [6, 6.07) is 3.21. The first-order valence-electron chi connectivity index (χ1n) is 5.71. The van der Waals surface area contributed by atoms with Crippen molar-refractivity contribution in [3.63, 3.8) is 0 Å². The van der Waals surface area contributed by atoms with Crippen LogP contribution in [-0.4, -0.2) is 24.6 Å². The molecule has 2 rings (SSSR count). The molecule has 0 aliphatic rings. The highest BCUT2D eigenvalue weighted by Gasteiger charge is 2.20. The zero-order chi connectivity index (χ0) is 14.8. The molecule has 20 heavy (non-hydrogen) atoms. The van der Waals surface area contributed by atoms with Crippen LogP contribution in [0.2, 0.25) is 0 Å². The molecule has 1 aromatic carbocycles. The Hall–Kier alpha value is -1.05. The molecule has 0 aliphatic heterocycles. The van der Waals surface area contributed by atoms with Gasteiger partial charge >= 0.3 is 0 Å². The minimum atomic E-state index is -3.86. The molecule has 0 radical (unpaired) electrons. The number of imidazole rings is 1. The molecule has 0 aliphatic carbocycles. The Bertz CT molecular complexity index is 702. The Morgan fingerprint density at radius 3 is 2.80 bits per heavy atom. The van der Waals surface area contributed by atoms with Crippen LogP contribution in [0.1, 0.15) is 5.56 Å². The van der Waals surface area contributed by atoms with Crippen molar-refractivity contribution in [1.82, 2.24) is 9.55 Å². The topological polar surface area (TPSA) is 61.2 Å². The van der Waals surface area contributed by atoms with E-state index in [1.54, 1.807) is 31.7 Å². The second kappa shape index (κ2) is 6.15. The van der Waals surface area contributed by atoms with E-state index in [9.17, 15) is 8.42 Å². The molecular weight excluding hydrogens is 368 g/mol. The van der Waals surface area contributed by atoms with Gasteiger partial charge in [-0.2, -0.15) is 0 Å². The standard InChI is InChI=1S/C12H12BrClN2O3S/c1-9-6-10(13)7-11(20(14,17)18)12(9)19-5-4-16-3-2-15-8-16/h2-3,6-8H,4-5H2,1H3. The summed E-state index contributed by atoms with van der Waals surface area (Å²) in [5, 5.41) is 0. The number of aromatic nitrogens is 2. The molecule has 0 saturated carbocycles. The predicted octanol–water partition coefficient (Wildman–Crippen LogP) is 2.96. The van der Waals surface area contributed by atoms with Crippen LogP contribution in [0.25, 0.3) is 0 Å². The second-order valence-electron chi connectivity index (χ2n) is 4.14. The highest BCUT2D eigenvalue weighted by molar-refractivity contribution is 9.10. The lowest BCUT2D eigenvalue weighted by Crippen LogP contribution is -2.09. The summed E-state index contributed by atoms with van der Waals surface area (Å²) < 4.78 is 31.3. The summed E-state index contributed by atoms with van der Waals surface area (Å²) in [6.07, 6.45) is 5.13. The van der Waals surface area contributed by atoms with Crippen LogP contribution in [0.4, 0.5) is 0 Å². The van der Waals surface area contributed by atoms with Gasteiger partial charge in [0.25, 0.3) is 9.05 Å². The molecule has 0 fully saturated rings. The first-order valence-corrected chi connectivity index (χ1v) is 8.81. The quantitative estimate of drug-likeness (QED) is 0.749.